The number of benzene rings is 2. The van der Waals surface area contributed by atoms with E-state index < -0.39 is 12.9 Å². The van der Waals surface area contributed by atoms with Crippen LogP contribution < -0.4 is 14.9 Å². The molecule has 0 bridgehead atoms. The average molecular weight is 574 g/mol. The maximum absolute atomic E-state index is 9.97. The van der Waals surface area contributed by atoms with Gasteiger partial charge in [0.25, 0.3) is 11.9 Å². The van der Waals surface area contributed by atoms with Gasteiger partial charge in [-0.25, -0.2) is 4.98 Å². The van der Waals surface area contributed by atoms with E-state index in [1.54, 1.807) is 31.3 Å². The van der Waals surface area contributed by atoms with E-state index in [2.05, 4.69) is 18.0 Å². The van der Waals surface area contributed by atoms with Crippen molar-refractivity contribution in [2.24, 2.45) is 0 Å². The monoisotopic (exact) mass is 574 g/mol. The topological polar surface area (TPSA) is 112 Å². The summed E-state index contributed by atoms with van der Waals surface area (Å²) in [7, 11) is 0.599. The van der Waals surface area contributed by atoms with E-state index in [0.29, 0.717) is 36.9 Å². The van der Waals surface area contributed by atoms with Gasteiger partial charge in [-0.2, -0.15) is 0 Å². The van der Waals surface area contributed by atoms with Crippen molar-refractivity contribution < 1.29 is 38.5 Å². The van der Waals surface area contributed by atoms with E-state index in [9.17, 15) is 10.2 Å². The Labute approximate surface area is 245 Å². The first-order valence-corrected chi connectivity index (χ1v) is 13.7. The quantitative estimate of drug-likeness (QED) is 0.362. The highest BCUT2D eigenvalue weighted by Gasteiger charge is 2.33. The molecule has 0 spiro atoms. The summed E-state index contributed by atoms with van der Waals surface area (Å²) in [5.74, 6) is -0.0733. The number of nitrogens with zero attached hydrogens (tertiary/aromatic N) is 2. The lowest BCUT2D eigenvalue weighted by molar-refractivity contribution is -0.141. The summed E-state index contributed by atoms with van der Waals surface area (Å²) in [6.45, 7) is 9.05. The first-order chi connectivity index (χ1) is 20.1. The standard InChI is InChI=1S/C31H35BN2O8/c1-20-22(17-37-24-11-9-23(10-12-24)32-41-29(35)15-34(5)16-30(36)42-32)7-6-8-26(20)27-13-14-28(33-21(27)2)38-18-25-19-39-31(3,4)40-25/h6-16,25,35-36H,17-19H2,1-5H3/b29-15-,30-16?/t25-/m0/s1. The SMILES string of the molecule is Cc1nc(OC[C@H]2COC(C)(C)O2)ccc1-c1cccc(COc2ccc(B3OC(O)=CN(C)/C=C(/O)O3)cc2)c1C. The molecular weight excluding hydrogens is 539 g/mol. The Kier molecular flexibility index (Phi) is 8.51. The second-order valence-corrected chi connectivity index (χ2v) is 10.7. The Morgan fingerprint density at radius 3 is 2.31 bits per heavy atom. The highest BCUT2D eigenvalue weighted by atomic mass is 16.7. The maximum Gasteiger partial charge on any atom is 0.636 e. The zero-order valence-corrected chi connectivity index (χ0v) is 24.4. The number of pyridine rings is 1. The molecule has 0 amide bonds. The van der Waals surface area contributed by atoms with E-state index in [0.717, 1.165) is 27.9 Å². The van der Waals surface area contributed by atoms with Gasteiger partial charge in [-0.3, -0.25) is 0 Å². The second kappa shape index (κ2) is 12.3. The number of aryl methyl sites for hydroxylation is 1. The third-order valence-electron chi connectivity index (χ3n) is 6.91. The number of rotatable bonds is 8. The molecule has 3 aromatic rings. The Morgan fingerprint density at radius 1 is 0.952 bits per heavy atom. The van der Waals surface area contributed by atoms with Gasteiger partial charge in [0.05, 0.1) is 19.0 Å². The zero-order valence-electron chi connectivity index (χ0n) is 24.4. The van der Waals surface area contributed by atoms with Gasteiger partial charge in [-0.1, -0.05) is 30.3 Å². The molecule has 2 aliphatic heterocycles. The van der Waals surface area contributed by atoms with Crippen LogP contribution >= 0.6 is 0 Å². The molecule has 2 aromatic carbocycles. The first-order valence-electron chi connectivity index (χ1n) is 13.7. The summed E-state index contributed by atoms with van der Waals surface area (Å²) < 4.78 is 34.2. The molecule has 3 heterocycles. The largest absolute Gasteiger partial charge is 0.636 e. The summed E-state index contributed by atoms with van der Waals surface area (Å²) in [5, 5.41) is 19.9. The Bertz CT molecular complexity index is 1450. The van der Waals surface area contributed by atoms with Crippen LogP contribution in [0.15, 0.2) is 78.9 Å². The fourth-order valence-electron chi connectivity index (χ4n) is 4.77. The van der Waals surface area contributed by atoms with Crippen LogP contribution in [0, 0.1) is 13.8 Å². The smallest absolute Gasteiger partial charge is 0.494 e. The van der Waals surface area contributed by atoms with Crippen molar-refractivity contribution in [2.75, 3.05) is 20.3 Å². The molecule has 220 valence electrons. The minimum Gasteiger partial charge on any atom is -0.494 e. The molecule has 2 N–H and O–H groups in total. The fourth-order valence-corrected chi connectivity index (χ4v) is 4.77. The van der Waals surface area contributed by atoms with Gasteiger partial charge in [0, 0.05) is 29.8 Å². The molecule has 5 rings (SSSR count). The normalized spacial score (nSPS) is 19.5. The molecule has 0 aliphatic carbocycles. The fraction of sp³-hybridized carbons (Fsp3) is 0.323. The van der Waals surface area contributed by atoms with Crippen molar-refractivity contribution >= 4 is 12.6 Å². The van der Waals surface area contributed by atoms with Crippen LogP contribution in [-0.2, 0) is 25.4 Å². The minimum absolute atomic E-state index is 0.127. The molecule has 1 saturated heterocycles. The molecule has 10 nitrogen and oxygen atoms in total. The van der Waals surface area contributed by atoms with Crippen LogP contribution in [0.1, 0.15) is 30.7 Å². The van der Waals surface area contributed by atoms with Crippen molar-refractivity contribution in [1.82, 2.24) is 9.88 Å². The molecule has 1 atom stereocenters. The van der Waals surface area contributed by atoms with Crippen molar-refractivity contribution in [3.8, 4) is 22.8 Å². The number of aliphatic hydroxyl groups excluding tert-OH is 2. The molecule has 1 aromatic heterocycles. The summed E-state index contributed by atoms with van der Waals surface area (Å²) in [6, 6.07) is 17.1. The number of ether oxygens (including phenoxy) is 4. The number of hydrogen-bond acceptors (Lipinski definition) is 10. The number of hydrogen-bond donors (Lipinski definition) is 2. The van der Waals surface area contributed by atoms with Gasteiger partial charge in [0.2, 0.25) is 5.88 Å². The van der Waals surface area contributed by atoms with Gasteiger partial charge in [0.1, 0.15) is 25.1 Å². The lowest BCUT2D eigenvalue weighted by Gasteiger charge is -2.20. The minimum atomic E-state index is -1.02. The summed E-state index contributed by atoms with van der Waals surface area (Å²) >= 11 is 0. The van der Waals surface area contributed by atoms with E-state index in [4.69, 9.17) is 28.3 Å². The number of aliphatic hydroxyl groups is 2. The maximum atomic E-state index is 9.97. The van der Waals surface area contributed by atoms with E-state index in [1.165, 1.54) is 17.3 Å². The molecule has 11 heteroatoms. The van der Waals surface area contributed by atoms with Crippen LogP contribution in [0.3, 0.4) is 0 Å². The first kappa shape index (κ1) is 29.2. The van der Waals surface area contributed by atoms with Crippen LogP contribution in [0.5, 0.6) is 11.6 Å². The zero-order chi connectivity index (χ0) is 29.9. The van der Waals surface area contributed by atoms with Gasteiger partial charge >= 0.3 is 7.12 Å². The second-order valence-electron chi connectivity index (χ2n) is 10.7. The lowest BCUT2D eigenvalue weighted by Crippen LogP contribution is -2.37. The van der Waals surface area contributed by atoms with Crippen molar-refractivity contribution in [2.45, 2.75) is 46.2 Å². The highest BCUT2D eigenvalue weighted by molar-refractivity contribution is 6.61. The van der Waals surface area contributed by atoms with Gasteiger partial charge in [-0.15, -0.1) is 0 Å². The Hall–Kier alpha value is -4.35. The van der Waals surface area contributed by atoms with E-state index in [-0.39, 0.29) is 18.0 Å². The van der Waals surface area contributed by atoms with Crippen molar-refractivity contribution in [1.29, 1.82) is 0 Å². The Morgan fingerprint density at radius 2 is 1.67 bits per heavy atom. The van der Waals surface area contributed by atoms with E-state index in [1.807, 2.05) is 45.0 Å². The van der Waals surface area contributed by atoms with Gasteiger partial charge in [0.15, 0.2) is 5.79 Å². The molecule has 0 saturated carbocycles. The average Bonchev–Trinajstić information content (AvgIpc) is 3.29. The summed E-state index contributed by atoms with van der Waals surface area (Å²) in [6.07, 6.45) is 2.52. The summed E-state index contributed by atoms with van der Waals surface area (Å²) in [5.41, 5.74) is 5.68. The van der Waals surface area contributed by atoms with Gasteiger partial charge < -0.3 is 43.4 Å². The molecule has 1 fully saturated rings. The molecule has 2 aliphatic rings. The van der Waals surface area contributed by atoms with E-state index >= 15 is 0 Å². The predicted octanol–water partition coefficient (Wildman–Crippen LogP) is 4.86. The van der Waals surface area contributed by atoms with Crippen molar-refractivity contribution in [3.63, 3.8) is 0 Å². The predicted molar refractivity (Wildman–Crippen MR) is 157 cm³/mol. The van der Waals surface area contributed by atoms with Crippen LogP contribution in [0.2, 0.25) is 0 Å². The van der Waals surface area contributed by atoms with Crippen molar-refractivity contribution in [3.05, 3.63) is 95.7 Å². The molecule has 0 radical (unpaired) electrons. The highest BCUT2D eigenvalue weighted by Crippen LogP contribution is 2.30. The van der Waals surface area contributed by atoms with Crippen LogP contribution in [-0.4, -0.2) is 59.4 Å². The van der Waals surface area contributed by atoms with Crippen LogP contribution in [0.25, 0.3) is 11.1 Å². The third kappa shape index (κ3) is 7.10. The molecule has 0 unspecified atom stereocenters. The summed E-state index contributed by atoms with van der Waals surface area (Å²) in [4.78, 5) is 6.09. The Balaban J connectivity index is 1.22. The third-order valence-corrected chi connectivity index (χ3v) is 6.91. The number of aromatic nitrogens is 1. The lowest BCUT2D eigenvalue weighted by atomic mass is 9.79. The molecular formula is C31H35BN2O8. The molecule has 42 heavy (non-hydrogen) atoms. The van der Waals surface area contributed by atoms with Crippen LogP contribution in [0.4, 0.5) is 0 Å². The van der Waals surface area contributed by atoms with Gasteiger partial charge in [-0.05, 0) is 62.6 Å².